The van der Waals surface area contributed by atoms with Crippen LogP contribution in [0.1, 0.15) is 37.0 Å². The average molecular weight is 404 g/mol. The summed E-state index contributed by atoms with van der Waals surface area (Å²) in [6.07, 6.45) is 1.29. The van der Waals surface area contributed by atoms with Crippen molar-refractivity contribution in [3.63, 3.8) is 0 Å². The van der Waals surface area contributed by atoms with Crippen molar-refractivity contribution >= 4 is 42.1 Å². The highest BCUT2D eigenvalue weighted by atomic mass is 35.5. The van der Waals surface area contributed by atoms with Gasteiger partial charge in [0.25, 0.3) is 0 Å². The first-order valence-corrected chi connectivity index (χ1v) is 8.76. The summed E-state index contributed by atoms with van der Waals surface area (Å²) in [5, 5.41) is 6.05. The van der Waals surface area contributed by atoms with Crippen LogP contribution in [0.25, 0.3) is 0 Å². The molecule has 2 aromatic rings. The molecule has 1 atom stereocenters. The van der Waals surface area contributed by atoms with Gasteiger partial charge in [-0.2, -0.15) is 0 Å². The van der Waals surface area contributed by atoms with Gasteiger partial charge in [0.2, 0.25) is 5.91 Å². The lowest BCUT2D eigenvalue weighted by Crippen LogP contribution is -2.42. The van der Waals surface area contributed by atoms with Crippen LogP contribution >= 0.6 is 36.2 Å². The molecule has 1 aromatic carbocycles. The van der Waals surface area contributed by atoms with E-state index < -0.39 is 6.04 Å². The standard InChI is InChI=1S/C18H25N3OS.2ClH/c1-18(2,3)15-12-23-16(21-15)9-10-20-17(22)14(19)11-13-7-5-4-6-8-13;;/h4-8,12,14H,9-11,19H2,1-3H3,(H,20,22);2*1H. The van der Waals surface area contributed by atoms with E-state index in [-0.39, 0.29) is 36.1 Å². The summed E-state index contributed by atoms with van der Waals surface area (Å²) >= 11 is 1.65. The van der Waals surface area contributed by atoms with Crippen LogP contribution in [0.15, 0.2) is 35.7 Å². The smallest absolute Gasteiger partial charge is 0.237 e. The summed E-state index contributed by atoms with van der Waals surface area (Å²) in [6, 6.07) is 9.31. The summed E-state index contributed by atoms with van der Waals surface area (Å²) in [5.74, 6) is -0.110. The number of rotatable bonds is 6. The summed E-state index contributed by atoms with van der Waals surface area (Å²) < 4.78 is 0. The molecule has 0 saturated carbocycles. The first-order chi connectivity index (χ1) is 10.9. The van der Waals surface area contributed by atoms with Crippen molar-refractivity contribution in [2.24, 2.45) is 5.73 Å². The molecule has 0 aliphatic rings. The Labute approximate surface area is 166 Å². The largest absolute Gasteiger partial charge is 0.354 e. The van der Waals surface area contributed by atoms with Crippen molar-refractivity contribution in [2.45, 2.75) is 45.1 Å². The summed E-state index contributed by atoms with van der Waals surface area (Å²) in [7, 11) is 0. The molecule has 140 valence electrons. The number of aromatic nitrogens is 1. The van der Waals surface area contributed by atoms with Crippen LogP contribution < -0.4 is 11.1 Å². The van der Waals surface area contributed by atoms with Gasteiger partial charge < -0.3 is 11.1 Å². The zero-order chi connectivity index (χ0) is 16.9. The second-order valence-corrected chi connectivity index (χ2v) is 7.66. The maximum Gasteiger partial charge on any atom is 0.237 e. The highest BCUT2D eigenvalue weighted by molar-refractivity contribution is 7.09. The quantitative estimate of drug-likeness (QED) is 0.774. The number of nitrogens with two attached hydrogens (primary N) is 1. The van der Waals surface area contributed by atoms with Crippen molar-refractivity contribution in [3.05, 3.63) is 52.0 Å². The Bertz CT molecular complexity index is 641. The van der Waals surface area contributed by atoms with E-state index in [9.17, 15) is 4.79 Å². The third-order valence-electron chi connectivity index (χ3n) is 3.59. The lowest BCUT2D eigenvalue weighted by Gasteiger charge is -2.14. The molecule has 1 unspecified atom stereocenters. The zero-order valence-electron chi connectivity index (χ0n) is 14.8. The van der Waals surface area contributed by atoms with Gasteiger partial charge in [-0.05, 0) is 12.0 Å². The minimum absolute atomic E-state index is 0. The Morgan fingerprint density at radius 2 is 1.88 bits per heavy atom. The van der Waals surface area contributed by atoms with Gasteiger partial charge in [-0.1, -0.05) is 51.1 Å². The molecular weight excluding hydrogens is 377 g/mol. The zero-order valence-corrected chi connectivity index (χ0v) is 17.3. The molecular formula is C18H27Cl2N3OS. The van der Waals surface area contributed by atoms with Gasteiger partial charge in [0.15, 0.2) is 0 Å². The molecule has 1 heterocycles. The molecule has 7 heteroatoms. The van der Waals surface area contributed by atoms with Gasteiger partial charge in [0.1, 0.15) is 0 Å². The number of amides is 1. The van der Waals surface area contributed by atoms with Crippen molar-refractivity contribution in [1.82, 2.24) is 10.3 Å². The molecule has 0 aliphatic carbocycles. The summed E-state index contributed by atoms with van der Waals surface area (Å²) in [4.78, 5) is 16.7. The Kier molecular flexibility index (Phi) is 10.3. The fraction of sp³-hybridized carbons (Fsp3) is 0.444. The Balaban J connectivity index is 0.00000288. The van der Waals surface area contributed by atoms with E-state index in [1.807, 2.05) is 30.3 Å². The molecule has 3 N–H and O–H groups in total. The first kappa shape index (κ1) is 23.9. The number of hydrogen-bond acceptors (Lipinski definition) is 4. The molecule has 4 nitrogen and oxygen atoms in total. The number of hydrogen-bond donors (Lipinski definition) is 2. The van der Waals surface area contributed by atoms with E-state index in [0.29, 0.717) is 13.0 Å². The number of nitrogens with one attached hydrogen (secondary N) is 1. The maximum absolute atomic E-state index is 12.0. The van der Waals surface area contributed by atoms with Crippen LogP contribution in [-0.4, -0.2) is 23.5 Å². The van der Waals surface area contributed by atoms with Crippen LogP contribution in [0.4, 0.5) is 0 Å². The number of benzene rings is 1. The van der Waals surface area contributed by atoms with Crippen LogP contribution in [-0.2, 0) is 23.1 Å². The third kappa shape index (κ3) is 7.74. The monoisotopic (exact) mass is 403 g/mol. The minimum atomic E-state index is -0.515. The molecule has 0 aliphatic heterocycles. The topological polar surface area (TPSA) is 68.0 Å². The van der Waals surface area contributed by atoms with Crippen molar-refractivity contribution in [2.75, 3.05) is 6.54 Å². The second kappa shape index (κ2) is 10.8. The number of halogens is 2. The lowest BCUT2D eigenvalue weighted by molar-refractivity contribution is -0.122. The Hall–Kier alpha value is -1.14. The van der Waals surface area contributed by atoms with Crippen LogP contribution in [0.3, 0.4) is 0 Å². The fourth-order valence-electron chi connectivity index (χ4n) is 2.15. The average Bonchev–Trinajstić information content (AvgIpc) is 2.97. The van der Waals surface area contributed by atoms with E-state index in [0.717, 1.165) is 22.7 Å². The maximum atomic E-state index is 12.0. The molecule has 0 fully saturated rings. The Morgan fingerprint density at radius 3 is 2.44 bits per heavy atom. The van der Waals surface area contributed by atoms with E-state index in [1.165, 1.54) is 0 Å². The molecule has 0 radical (unpaired) electrons. The van der Waals surface area contributed by atoms with E-state index in [2.05, 4.69) is 36.5 Å². The van der Waals surface area contributed by atoms with Gasteiger partial charge in [-0.15, -0.1) is 36.2 Å². The molecule has 0 saturated heterocycles. The lowest BCUT2D eigenvalue weighted by atomic mass is 9.93. The second-order valence-electron chi connectivity index (χ2n) is 6.71. The number of nitrogens with zero attached hydrogens (tertiary/aromatic N) is 1. The summed E-state index contributed by atoms with van der Waals surface area (Å²) in [5.41, 5.74) is 8.21. The molecule has 0 bridgehead atoms. The minimum Gasteiger partial charge on any atom is -0.354 e. The number of carbonyl (C=O) groups excluding carboxylic acids is 1. The highest BCUT2D eigenvalue weighted by Gasteiger charge is 2.18. The van der Waals surface area contributed by atoms with Gasteiger partial charge >= 0.3 is 0 Å². The Morgan fingerprint density at radius 1 is 1.24 bits per heavy atom. The molecule has 1 aromatic heterocycles. The molecule has 1 amide bonds. The van der Waals surface area contributed by atoms with Crippen molar-refractivity contribution in [1.29, 1.82) is 0 Å². The predicted octanol–water partition coefficient (Wildman–Crippen LogP) is 3.51. The van der Waals surface area contributed by atoms with Crippen molar-refractivity contribution in [3.8, 4) is 0 Å². The normalized spacial score (nSPS) is 11.8. The fourth-order valence-corrected chi connectivity index (χ4v) is 3.18. The van der Waals surface area contributed by atoms with Crippen LogP contribution in [0.5, 0.6) is 0 Å². The van der Waals surface area contributed by atoms with E-state index in [4.69, 9.17) is 5.73 Å². The molecule has 25 heavy (non-hydrogen) atoms. The molecule has 2 rings (SSSR count). The summed E-state index contributed by atoms with van der Waals surface area (Å²) in [6.45, 7) is 7.01. The highest BCUT2D eigenvalue weighted by Crippen LogP contribution is 2.23. The number of thiazole rings is 1. The van der Waals surface area contributed by atoms with Crippen LogP contribution in [0.2, 0.25) is 0 Å². The SMILES string of the molecule is CC(C)(C)c1csc(CCNC(=O)C(N)Cc2ccccc2)n1.Cl.Cl. The van der Waals surface area contributed by atoms with Gasteiger partial charge in [0.05, 0.1) is 16.7 Å². The van der Waals surface area contributed by atoms with Gasteiger partial charge in [-0.25, -0.2) is 4.98 Å². The third-order valence-corrected chi connectivity index (χ3v) is 4.50. The first-order valence-electron chi connectivity index (χ1n) is 7.88. The van der Waals surface area contributed by atoms with Crippen LogP contribution in [0, 0.1) is 0 Å². The number of carbonyl (C=O) groups is 1. The molecule has 0 spiro atoms. The van der Waals surface area contributed by atoms with E-state index in [1.54, 1.807) is 11.3 Å². The van der Waals surface area contributed by atoms with E-state index >= 15 is 0 Å². The predicted molar refractivity (Wildman–Crippen MR) is 110 cm³/mol. The van der Waals surface area contributed by atoms with Gasteiger partial charge in [-0.3, -0.25) is 4.79 Å². The van der Waals surface area contributed by atoms with Gasteiger partial charge in [0, 0.05) is 23.8 Å². The van der Waals surface area contributed by atoms with Crippen molar-refractivity contribution < 1.29 is 4.79 Å².